The molecule has 0 aliphatic heterocycles. The second-order valence-corrected chi connectivity index (χ2v) is 6.27. The van der Waals surface area contributed by atoms with Crippen LogP contribution < -0.4 is 5.32 Å². The lowest BCUT2D eigenvalue weighted by atomic mass is 10.2. The molecule has 0 atom stereocenters. The molecule has 0 aliphatic rings. The summed E-state index contributed by atoms with van der Waals surface area (Å²) in [5.41, 5.74) is 1.88. The number of nitrogens with one attached hydrogen (secondary N) is 1. The molecule has 0 bridgehead atoms. The Bertz CT molecular complexity index is 578. The second kappa shape index (κ2) is 5.97. The van der Waals surface area contributed by atoms with E-state index in [-0.39, 0.29) is 0 Å². The summed E-state index contributed by atoms with van der Waals surface area (Å²) in [4.78, 5) is 4.51. The minimum Gasteiger partial charge on any atom is -0.355 e. The van der Waals surface area contributed by atoms with Crippen molar-refractivity contribution in [1.82, 2.24) is 9.55 Å². The molecule has 0 saturated heterocycles. The third-order valence-corrected chi connectivity index (χ3v) is 3.48. The topological polar surface area (TPSA) is 29.9 Å². The molecule has 2 aromatic rings. The monoisotopic (exact) mass is 341 g/mol. The molecular formula is C14H17BrClN3. The molecule has 0 amide bonds. The molecule has 0 radical (unpaired) electrons. The molecule has 1 N–H and O–H groups in total. The average molecular weight is 343 g/mol. The van der Waals surface area contributed by atoms with Crippen molar-refractivity contribution < 1.29 is 0 Å². The van der Waals surface area contributed by atoms with Crippen LogP contribution in [0.1, 0.15) is 19.5 Å². The number of imidazole rings is 1. The van der Waals surface area contributed by atoms with Crippen molar-refractivity contribution in [3.63, 3.8) is 0 Å². The maximum absolute atomic E-state index is 6.28. The number of aryl methyl sites for hydroxylation is 1. The molecule has 3 nitrogen and oxygen atoms in total. The van der Waals surface area contributed by atoms with Gasteiger partial charge in [-0.05, 0) is 31.0 Å². The maximum atomic E-state index is 6.28. The van der Waals surface area contributed by atoms with Crippen LogP contribution in [0, 0.1) is 12.8 Å². The zero-order valence-electron chi connectivity index (χ0n) is 11.2. The first kappa shape index (κ1) is 14.4. The van der Waals surface area contributed by atoms with E-state index in [0.29, 0.717) is 10.9 Å². The van der Waals surface area contributed by atoms with Crippen LogP contribution in [0.3, 0.4) is 0 Å². The first-order chi connectivity index (χ1) is 8.97. The Labute approximate surface area is 127 Å². The van der Waals surface area contributed by atoms with Crippen molar-refractivity contribution in [2.75, 3.05) is 11.9 Å². The molecule has 1 heterocycles. The van der Waals surface area contributed by atoms with Crippen LogP contribution in [0.2, 0.25) is 5.02 Å². The van der Waals surface area contributed by atoms with Gasteiger partial charge in [-0.25, -0.2) is 4.98 Å². The molecule has 0 aliphatic carbocycles. The summed E-state index contributed by atoms with van der Waals surface area (Å²) >= 11 is 9.75. The van der Waals surface area contributed by atoms with Crippen molar-refractivity contribution in [1.29, 1.82) is 0 Å². The lowest BCUT2D eigenvalue weighted by Crippen LogP contribution is -2.12. The summed E-state index contributed by atoms with van der Waals surface area (Å²) in [6.45, 7) is 7.18. The van der Waals surface area contributed by atoms with E-state index in [1.807, 2.05) is 35.9 Å². The smallest absolute Gasteiger partial charge is 0.207 e. The van der Waals surface area contributed by atoms with Crippen molar-refractivity contribution in [3.05, 3.63) is 39.6 Å². The molecule has 5 heteroatoms. The minimum atomic E-state index is 0.559. The van der Waals surface area contributed by atoms with Gasteiger partial charge in [-0.3, -0.25) is 4.57 Å². The Morgan fingerprint density at radius 1 is 1.42 bits per heavy atom. The van der Waals surface area contributed by atoms with E-state index in [1.54, 1.807) is 0 Å². The standard InChI is InChI=1S/C14H17BrClN3/c1-9(2)7-17-14-18-10(3)8-19(14)13-6-11(15)4-5-12(13)16/h4-6,8-9H,7H2,1-3H3,(H,17,18). The number of anilines is 1. The molecule has 19 heavy (non-hydrogen) atoms. The van der Waals surface area contributed by atoms with Crippen LogP contribution in [0.25, 0.3) is 5.69 Å². The second-order valence-electron chi connectivity index (χ2n) is 4.95. The van der Waals surface area contributed by atoms with E-state index in [1.165, 1.54) is 0 Å². The van der Waals surface area contributed by atoms with E-state index in [0.717, 1.165) is 28.3 Å². The number of aromatic nitrogens is 2. The van der Waals surface area contributed by atoms with Gasteiger partial charge in [0.15, 0.2) is 0 Å². The summed E-state index contributed by atoms with van der Waals surface area (Å²) in [7, 11) is 0. The van der Waals surface area contributed by atoms with Gasteiger partial charge in [0, 0.05) is 17.2 Å². The molecule has 1 aromatic heterocycles. The Balaban J connectivity index is 2.40. The van der Waals surface area contributed by atoms with Crippen molar-refractivity contribution in [2.45, 2.75) is 20.8 Å². The number of benzene rings is 1. The zero-order chi connectivity index (χ0) is 14.0. The normalized spacial score (nSPS) is 11.1. The van der Waals surface area contributed by atoms with Crippen LogP contribution in [-0.4, -0.2) is 16.1 Å². The average Bonchev–Trinajstić information content (AvgIpc) is 2.71. The highest BCUT2D eigenvalue weighted by Gasteiger charge is 2.11. The van der Waals surface area contributed by atoms with Gasteiger partial charge in [0.2, 0.25) is 5.95 Å². The summed E-state index contributed by atoms with van der Waals surface area (Å²) in [6.07, 6.45) is 1.98. The minimum absolute atomic E-state index is 0.559. The largest absolute Gasteiger partial charge is 0.355 e. The molecule has 0 fully saturated rings. The first-order valence-electron chi connectivity index (χ1n) is 6.22. The van der Waals surface area contributed by atoms with Crippen LogP contribution in [0.4, 0.5) is 5.95 Å². The van der Waals surface area contributed by atoms with E-state index in [4.69, 9.17) is 11.6 Å². The third kappa shape index (κ3) is 3.51. The van der Waals surface area contributed by atoms with Crippen molar-refractivity contribution in [3.8, 4) is 5.69 Å². The summed E-state index contributed by atoms with van der Waals surface area (Å²) in [5, 5.41) is 4.06. The highest BCUT2D eigenvalue weighted by Crippen LogP contribution is 2.27. The summed E-state index contributed by atoms with van der Waals surface area (Å²) in [5.74, 6) is 1.38. The van der Waals surface area contributed by atoms with Crippen LogP contribution in [-0.2, 0) is 0 Å². The Kier molecular flexibility index (Phi) is 4.53. The summed E-state index contributed by atoms with van der Waals surface area (Å²) in [6, 6.07) is 5.80. The predicted octanol–water partition coefficient (Wildman–Crippen LogP) is 4.66. The van der Waals surface area contributed by atoms with E-state index in [9.17, 15) is 0 Å². The molecule has 2 rings (SSSR count). The molecule has 0 spiro atoms. The molecule has 0 unspecified atom stereocenters. The molecule has 1 aromatic carbocycles. The highest BCUT2D eigenvalue weighted by molar-refractivity contribution is 9.10. The summed E-state index contributed by atoms with van der Waals surface area (Å²) < 4.78 is 2.98. The van der Waals surface area contributed by atoms with E-state index >= 15 is 0 Å². The van der Waals surface area contributed by atoms with Crippen LogP contribution in [0.5, 0.6) is 0 Å². The van der Waals surface area contributed by atoms with Gasteiger partial charge < -0.3 is 5.32 Å². The fourth-order valence-corrected chi connectivity index (χ4v) is 2.33. The molecular weight excluding hydrogens is 326 g/mol. The number of hydrogen-bond acceptors (Lipinski definition) is 2. The number of nitrogens with zero attached hydrogens (tertiary/aromatic N) is 2. The van der Waals surface area contributed by atoms with Gasteiger partial charge in [-0.1, -0.05) is 41.4 Å². The molecule has 0 saturated carbocycles. The van der Waals surface area contributed by atoms with Gasteiger partial charge in [0.05, 0.1) is 16.4 Å². The molecule has 102 valence electrons. The van der Waals surface area contributed by atoms with Gasteiger partial charge in [-0.2, -0.15) is 0 Å². The van der Waals surface area contributed by atoms with Crippen molar-refractivity contribution >= 4 is 33.5 Å². The number of halogens is 2. The number of hydrogen-bond donors (Lipinski definition) is 1. The van der Waals surface area contributed by atoms with Crippen LogP contribution >= 0.6 is 27.5 Å². The predicted molar refractivity (Wildman–Crippen MR) is 84.3 cm³/mol. The van der Waals surface area contributed by atoms with Crippen molar-refractivity contribution in [2.24, 2.45) is 5.92 Å². The quantitative estimate of drug-likeness (QED) is 0.875. The van der Waals surface area contributed by atoms with Gasteiger partial charge in [0.1, 0.15) is 0 Å². The fourth-order valence-electron chi connectivity index (χ4n) is 1.77. The van der Waals surface area contributed by atoms with Gasteiger partial charge >= 0.3 is 0 Å². The van der Waals surface area contributed by atoms with Crippen LogP contribution in [0.15, 0.2) is 28.9 Å². The first-order valence-corrected chi connectivity index (χ1v) is 7.39. The zero-order valence-corrected chi connectivity index (χ0v) is 13.6. The van der Waals surface area contributed by atoms with Gasteiger partial charge in [0.25, 0.3) is 0 Å². The third-order valence-electron chi connectivity index (χ3n) is 2.66. The maximum Gasteiger partial charge on any atom is 0.207 e. The van der Waals surface area contributed by atoms with Gasteiger partial charge in [-0.15, -0.1) is 0 Å². The van der Waals surface area contributed by atoms with E-state index in [2.05, 4.69) is 40.1 Å². The Hall–Kier alpha value is -1.00. The van der Waals surface area contributed by atoms with E-state index < -0.39 is 0 Å². The highest BCUT2D eigenvalue weighted by atomic mass is 79.9. The SMILES string of the molecule is Cc1cn(-c2cc(Br)ccc2Cl)c(NCC(C)C)n1. The Morgan fingerprint density at radius 3 is 2.84 bits per heavy atom. The number of rotatable bonds is 4. The fraction of sp³-hybridized carbons (Fsp3) is 0.357. The lowest BCUT2D eigenvalue weighted by Gasteiger charge is -2.12. The Morgan fingerprint density at radius 2 is 2.16 bits per heavy atom. The lowest BCUT2D eigenvalue weighted by molar-refractivity contribution is 0.683.